The molecule has 2 rings (SSSR count). The molecule has 0 amide bonds. The molecule has 0 saturated carbocycles. The molecule has 0 aliphatic carbocycles. The molecule has 2 aromatic rings. The third-order valence-corrected chi connectivity index (χ3v) is 3.16. The lowest BCUT2D eigenvalue weighted by atomic mass is 10.2. The SMILES string of the molecule is Cc1c(Cl)cccc1NCCc1cnn(C)c1. The minimum Gasteiger partial charge on any atom is -0.384 e. The van der Waals surface area contributed by atoms with Gasteiger partial charge in [0.15, 0.2) is 0 Å². The van der Waals surface area contributed by atoms with Crippen LogP contribution in [0.3, 0.4) is 0 Å². The normalized spacial score (nSPS) is 10.5. The lowest BCUT2D eigenvalue weighted by Gasteiger charge is -2.09. The molecule has 4 heteroatoms. The topological polar surface area (TPSA) is 29.9 Å². The first-order valence-corrected chi connectivity index (χ1v) is 6.01. The number of benzene rings is 1. The van der Waals surface area contributed by atoms with Gasteiger partial charge in [0.1, 0.15) is 0 Å². The fourth-order valence-electron chi connectivity index (χ4n) is 1.74. The molecular formula is C13H16ClN3. The quantitative estimate of drug-likeness (QED) is 0.903. The van der Waals surface area contributed by atoms with Gasteiger partial charge in [0, 0.05) is 30.5 Å². The second-order valence-electron chi connectivity index (χ2n) is 4.11. The summed E-state index contributed by atoms with van der Waals surface area (Å²) in [5, 5.41) is 8.33. The van der Waals surface area contributed by atoms with Crippen molar-refractivity contribution >= 4 is 17.3 Å². The van der Waals surface area contributed by atoms with Crippen molar-refractivity contribution in [3.05, 3.63) is 46.7 Å². The Hall–Kier alpha value is -1.48. The zero-order chi connectivity index (χ0) is 12.3. The molecule has 3 nitrogen and oxygen atoms in total. The zero-order valence-corrected chi connectivity index (χ0v) is 10.8. The Morgan fingerprint density at radius 2 is 2.24 bits per heavy atom. The number of hydrogen-bond acceptors (Lipinski definition) is 2. The summed E-state index contributed by atoms with van der Waals surface area (Å²) in [6.45, 7) is 2.90. The maximum Gasteiger partial charge on any atom is 0.0522 e. The van der Waals surface area contributed by atoms with E-state index in [9.17, 15) is 0 Å². The second-order valence-corrected chi connectivity index (χ2v) is 4.52. The van der Waals surface area contributed by atoms with Crippen LogP contribution in [0.1, 0.15) is 11.1 Å². The number of halogens is 1. The van der Waals surface area contributed by atoms with Gasteiger partial charge in [0.2, 0.25) is 0 Å². The highest BCUT2D eigenvalue weighted by molar-refractivity contribution is 6.31. The highest BCUT2D eigenvalue weighted by atomic mass is 35.5. The number of nitrogens with zero attached hydrogens (tertiary/aromatic N) is 2. The molecule has 90 valence electrons. The summed E-state index contributed by atoms with van der Waals surface area (Å²) in [4.78, 5) is 0. The third kappa shape index (κ3) is 3.01. The first-order valence-electron chi connectivity index (χ1n) is 5.63. The molecule has 0 atom stereocenters. The average Bonchev–Trinajstić information content (AvgIpc) is 2.70. The van der Waals surface area contributed by atoms with E-state index in [-0.39, 0.29) is 0 Å². The molecule has 0 fully saturated rings. The van der Waals surface area contributed by atoms with Crippen molar-refractivity contribution < 1.29 is 0 Å². The summed E-state index contributed by atoms with van der Waals surface area (Å²) < 4.78 is 1.82. The molecule has 1 aromatic carbocycles. The van der Waals surface area contributed by atoms with Gasteiger partial charge < -0.3 is 5.32 Å². The number of rotatable bonds is 4. The molecule has 1 heterocycles. The predicted molar refractivity (Wildman–Crippen MR) is 71.6 cm³/mol. The van der Waals surface area contributed by atoms with Crippen LogP contribution in [0.15, 0.2) is 30.6 Å². The number of hydrogen-bond donors (Lipinski definition) is 1. The Morgan fingerprint density at radius 3 is 2.94 bits per heavy atom. The molecule has 0 bridgehead atoms. The van der Waals surface area contributed by atoms with Gasteiger partial charge in [-0.05, 0) is 36.6 Å². The highest BCUT2D eigenvalue weighted by Crippen LogP contribution is 2.22. The van der Waals surface area contributed by atoms with E-state index in [1.165, 1.54) is 5.56 Å². The fraction of sp³-hybridized carbons (Fsp3) is 0.308. The van der Waals surface area contributed by atoms with Crippen LogP contribution in [0, 0.1) is 6.92 Å². The smallest absolute Gasteiger partial charge is 0.0522 e. The Morgan fingerprint density at radius 1 is 1.41 bits per heavy atom. The van der Waals surface area contributed by atoms with Crippen molar-refractivity contribution in [3.8, 4) is 0 Å². The van der Waals surface area contributed by atoms with Gasteiger partial charge in [0.05, 0.1) is 6.20 Å². The van der Waals surface area contributed by atoms with E-state index in [0.29, 0.717) is 0 Å². The first kappa shape index (κ1) is 12.0. The van der Waals surface area contributed by atoms with E-state index in [1.807, 2.05) is 49.2 Å². The van der Waals surface area contributed by atoms with Gasteiger partial charge in [-0.25, -0.2) is 0 Å². The molecule has 1 N–H and O–H groups in total. The summed E-state index contributed by atoms with van der Waals surface area (Å²) >= 11 is 6.06. The van der Waals surface area contributed by atoms with E-state index in [1.54, 1.807) is 0 Å². The maximum absolute atomic E-state index is 6.06. The Balaban J connectivity index is 1.92. The van der Waals surface area contributed by atoms with Crippen molar-refractivity contribution in [1.82, 2.24) is 9.78 Å². The van der Waals surface area contributed by atoms with Crippen LogP contribution in [-0.4, -0.2) is 16.3 Å². The minimum atomic E-state index is 0.802. The Kier molecular flexibility index (Phi) is 3.69. The monoisotopic (exact) mass is 249 g/mol. The van der Waals surface area contributed by atoms with Gasteiger partial charge in [0.25, 0.3) is 0 Å². The van der Waals surface area contributed by atoms with E-state index in [2.05, 4.69) is 10.4 Å². The molecule has 0 radical (unpaired) electrons. The summed E-state index contributed by atoms with van der Waals surface area (Å²) in [6.07, 6.45) is 4.89. The molecule has 1 aromatic heterocycles. The van der Waals surface area contributed by atoms with Gasteiger partial charge in [-0.3, -0.25) is 4.68 Å². The maximum atomic E-state index is 6.06. The van der Waals surface area contributed by atoms with E-state index in [4.69, 9.17) is 11.6 Å². The Labute approximate surface area is 106 Å². The second kappa shape index (κ2) is 5.23. The first-order chi connectivity index (χ1) is 8.16. The summed E-state index contributed by atoms with van der Waals surface area (Å²) in [5.74, 6) is 0. The largest absolute Gasteiger partial charge is 0.384 e. The lowest BCUT2D eigenvalue weighted by Crippen LogP contribution is -2.05. The minimum absolute atomic E-state index is 0.802. The molecule has 0 saturated heterocycles. The van der Waals surface area contributed by atoms with E-state index >= 15 is 0 Å². The van der Waals surface area contributed by atoms with Crippen LogP contribution >= 0.6 is 11.6 Å². The average molecular weight is 250 g/mol. The van der Waals surface area contributed by atoms with Crippen LogP contribution in [0.2, 0.25) is 5.02 Å². The van der Waals surface area contributed by atoms with Gasteiger partial charge in [-0.2, -0.15) is 5.10 Å². The molecule has 0 unspecified atom stereocenters. The van der Waals surface area contributed by atoms with Crippen LogP contribution in [0.25, 0.3) is 0 Å². The lowest BCUT2D eigenvalue weighted by molar-refractivity contribution is 0.767. The molecule has 0 spiro atoms. The standard InChI is InChI=1S/C13H16ClN3/c1-10-12(14)4-3-5-13(10)15-7-6-11-8-16-17(2)9-11/h3-5,8-9,15H,6-7H2,1-2H3. The Bertz CT molecular complexity index is 505. The third-order valence-electron chi connectivity index (χ3n) is 2.76. The summed E-state index contributed by atoms with van der Waals surface area (Å²) in [5.41, 5.74) is 3.43. The summed E-state index contributed by atoms with van der Waals surface area (Å²) in [6, 6.07) is 5.91. The number of anilines is 1. The summed E-state index contributed by atoms with van der Waals surface area (Å²) in [7, 11) is 1.93. The fourth-order valence-corrected chi connectivity index (χ4v) is 1.92. The predicted octanol–water partition coefficient (Wildman–Crippen LogP) is 3.04. The number of aromatic nitrogens is 2. The number of nitrogens with one attached hydrogen (secondary N) is 1. The van der Waals surface area contributed by atoms with Crippen molar-refractivity contribution in [1.29, 1.82) is 0 Å². The molecule has 0 aliphatic heterocycles. The highest BCUT2D eigenvalue weighted by Gasteiger charge is 2.01. The molecule has 17 heavy (non-hydrogen) atoms. The van der Waals surface area contributed by atoms with Crippen LogP contribution < -0.4 is 5.32 Å². The van der Waals surface area contributed by atoms with E-state index < -0.39 is 0 Å². The van der Waals surface area contributed by atoms with Crippen LogP contribution in [0.4, 0.5) is 5.69 Å². The molecule has 0 aliphatic rings. The van der Waals surface area contributed by atoms with Gasteiger partial charge in [-0.1, -0.05) is 17.7 Å². The number of aryl methyl sites for hydroxylation is 1. The van der Waals surface area contributed by atoms with Crippen molar-refractivity contribution in [3.63, 3.8) is 0 Å². The van der Waals surface area contributed by atoms with Crippen molar-refractivity contribution in [2.24, 2.45) is 7.05 Å². The molecular weight excluding hydrogens is 234 g/mol. The zero-order valence-electron chi connectivity index (χ0n) is 10.1. The van der Waals surface area contributed by atoms with Crippen LogP contribution in [0.5, 0.6) is 0 Å². The van der Waals surface area contributed by atoms with E-state index in [0.717, 1.165) is 29.2 Å². The van der Waals surface area contributed by atoms with Gasteiger partial charge in [-0.15, -0.1) is 0 Å². The van der Waals surface area contributed by atoms with Crippen LogP contribution in [-0.2, 0) is 13.5 Å². The van der Waals surface area contributed by atoms with Crippen molar-refractivity contribution in [2.75, 3.05) is 11.9 Å². The van der Waals surface area contributed by atoms with Gasteiger partial charge >= 0.3 is 0 Å². The van der Waals surface area contributed by atoms with Crippen molar-refractivity contribution in [2.45, 2.75) is 13.3 Å².